The lowest BCUT2D eigenvalue weighted by atomic mass is 9.78. The molecule has 1 fully saturated rings. The SMILES string of the molecule is CSc1ccc(C2(/C=C/C(=O)O)COC2)cc1. The number of hydrogen-bond donors (Lipinski definition) is 1. The zero-order valence-corrected chi connectivity index (χ0v) is 10.4. The van der Waals surface area contributed by atoms with Crippen LogP contribution in [0, 0.1) is 0 Å². The molecule has 0 amide bonds. The molecule has 2 rings (SSSR count). The van der Waals surface area contributed by atoms with Crippen molar-refractivity contribution in [1.82, 2.24) is 0 Å². The van der Waals surface area contributed by atoms with Gasteiger partial charge < -0.3 is 9.84 Å². The van der Waals surface area contributed by atoms with E-state index in [1.54, 1.807) is 17.8 Å². The van der Waals surface area contributed by atoms with E-state index in [-0.39, 0.29) is 5.41 Å². The van der Waals surface area contributed by atoms with Crippen molar-refractivity contribution in [3.63, 3.8) is 0 Å². The quantitative estimate of drug-likeness (QED) is 0.658. The number of carboxylic acid groups (broad SMARTS) is 1. The number of ether oxygens (including phenoxy) is 1. The molecule has 1 aliphatic rings. The van der Waals surface area contributed by atoms with Crippen LogP contribution in [-0.2, 0) is 14.9 Å². The van der Waals surface area contributed by atoms with Gasteiger partial charge in [-0.1, -0.05) is 18.2 Å². The van der Waals surface area contributed by atoms with Gasteiger partial charge in [-0.3, -0.25) is 0 Å². The van der Waals surface area contributed by atoms with Crippen LogP contribution in [0.4, 0.5) is 0 Å². The standard InChI is InChI=1S/C13H14O3S/c1-17-11-4-2-10(3-5-11)13(8-16-9-13)7-6-12(14)15/h2-7H,8-9H2,1H3,(H,14,15)/b7-6+. The van der Waals surface area contributed by atoms with Crippen LogP contribution in [0.25, 0.3) is 0 Å². The van der Waals surface area contributed by atoms with Gasteiger partial charge in [0.2, 0.25) is 0 Å². The summed E-state index contributed by atoms with van der Waals surface area (Å²) >= 11 is 1.69. The van der Waals surface area contributed by atoms with Crippen molar-refractivity contribution in [3.05, 3.63) is 42.0 Å². The first-order chi connectivity index (χ1) is 8.16. The average molecular weight is 250 g/mol. The first-order valence-electron chi connectivity index (χ1n) is 5.31. The first-order valence-corrected chi connectivity index (χ1v) is 6.53. The Kier molecular flexibility index (Phi) is 3.54. The van der Waals surface area contributed by atoms with E-state index in [0.29, 0.717) is 13.2 Å². The molecule has 0 radical (unpaired) electrons. The summed E-state index contributed by atoms with van der Waals surface area (Å²) in [5, 5.41) is 8.69. The Morgan fingerprint density at radius 3 is 2.47 bits per heavy atom. The largest absolute Gasteiger partial charge is 0.478 e. The minimum atomic E-state index is -0.919. The van der Waals surface area contributed by atoms with E-state index in [9.17, 15) is 4.79 Å². The summed E-state index contributed by atoms with van der Waals surface area (Å²) in [6.45, 7) is 1.10. The molecular weight excluding hydrogens is 236 g/mol. The van der Waals surface area contributed by atoms with Crippen LogP contribution in [0.3, 0.4) is 0 Å². The van der Waals surface area contributed by atoms with E-state index in [1.165, 1.54) is 11.0 Å². The van der Waals surface area contributed by atoms with Gasteiger partial charge in [0.25, 0.3) is 0 Å². The van der Waals surface area contributed by atoms with E-state index >= 15 is 0 Å². The van der Waals surface area contributed by atoms with Crippen LogP contribution in [0.5, 0.6) is 0 Å². The highest BCUT2D eigenvalue weighted by molar-refractivity contribution is 7.98. The van der Waals surface area contributed by atoms with Gasteiger partial charge in [-0.2, -0.15) is 0 Å². The van der Waals surface area contributed by atoms with Crippen LogP contribution in [0.1, 0.15) is 5.56 Å². The number of carbonyl (C=O) groups is 1. The zero-order valence-electron chi connectivity index (χ0n) is 9.55. The van der Waals surface area contributed by atoms with Gasteiger partial charge in [-0.25, -0.2) is 4.79 Å². The maximum absolute atomic E-state index is 10.6. The van der Waals surface area contributed by atoms with Crippen LogP contribution in [-0.4, -0.2) is 30.5 Å². The smallest absolute Gasteiger partial charge is 0.328 e. The van der Waals surface area contributed by atoms with Gasteiger partial charge in [0.1, 0.15) is 0 Å². The van der Waals surface area contributed by atoms with Gasteiger partial charge in [0.05, 0.1) is 18.6 Å². The third kappa shape index (κ3) is 2.53. The van der Waals surface area contributed by atoms with E-state index in [0.717, 1.165) is 5.56 Å². The molecule has 4 heteroatoms. The molecule has 1 aliphatic heterocycles. The fourth-order valence-electron chi connectivity index (χ4n) is 1.83. The molecule has 17 heavy (non-hydrogen) atoms. The van der Waals surface area contributed by atoms with Crippen molar-refractivity contribution < 1.29 is 14.6 Å². The van der Waals surface area contributed by atoms with Gasteiger partial charge in [0.15, 0.2) is 0 Å². The summed E-state index contributed by atoms with van der Waals surface area (Å²) in [6, 6.07) is 8.18. The molecule has 0 saturated carbocycles. The molecule has 1 heterocycles. The van der Waals surface area contributed by atoms with Crippen molar-refractivity contribution in [1.29, 1.82) is 0 Å². The molecule has 1 aromatic rings. The number of hydrogen-bond acceptors (Lipinski definition) is 3. The molecule has 1 N–H and O–H groups in total. The second kappa shape index (κ2) is 4.94. The Bertz CT molecular complexity index is 432. The van der Waals surface area contributed by atoms with E-state index in [1.807, 2.05) is 18.4 Å². The minimum Gasteiger partial charge on any atom is -0.478 e. The second-order valence-corrected chi connectivity index (χ2v) is 4.93. The molecule has 90 valence electrons. The van der Waals surface area contributed by atoms with Crippen LogP contribution >= 0.6 is 11.8 Å². The second-order valence-electron chi connectivity index (χ2n) is 4.05. The molecule has 0 spiro atoms. The van der Waals surface area contributed by atoms with Crippen LogP contribution in [0.2, 0.25) is 0 Å². The van der Waals surface area contributed by atoms with Crippen molar-refractivity contribution >= 4 is 17.7 Å². The van der Waals surface area contributed by atoms with Crippen molar-refractivity contribution in [3.8, 4) is 0 Å². The fraction of sp³-hybridized carbons (Fsp3) is 0.308. The Hall–Kier alpha value is -1.26. The molecule has 0 unspecified atom stereocenters. The molecule has 0 atom stereocenters. The van der Waals surface area contributed by atoms with E-state index < -0.39 is 5.97 Å². The maximum atomic E-state index is 10.6. The van der Waals surface area contributed by atoms with Crippen molar-refractivity contribution in [2.24, 2.45) is 0 Å². The van der Waals surface area contributed by atoms with E-state index in [2.05, 4.69) is 12.1 Å². The predicted molar refractivity (Wildman–Crippen MR) is 67.5 cm³/mol. The molecule has 0 aliphatic carbocycles. The zero-order chi connectivity index (χ0) is 12.3. The number of rotatable bonds is 4. The molecule has 3 nitrogen and oxygen atoms in total. The van der Waals surface area contributed by atoms with Crippen molar-refractivity contribution in [2.75, 3.05) is 19.5 Å². The Balaban J connectivity index is 2.25. The highest BCUT2D eigenvalue weighted by Gasteiger charge is 2.37. The van der Waals surface area contributed by atoms with Crippen LogP contribution < -0.4 is 0 Å². The van der Waals surface area contributed by atoms with Crippen LogP contribution in [0.15, 0.2) is 41.3 Å². The topological polar surface area (TPSA) is 46.5 Å². The monoisotopic (exact) mass is 250 g/mol. The molecule has 0 bridgehead atoms. The predicted octanol–water partition coefficient (Wildman–Crippen LogP) is 2.32. The summed E-state index contributed by atoms with van der Waals surface area (Å²) in [6.07, 6.45) is 4.96. The summed E-state index contributed by atoms with van der Waals surface area (Å²) in [5.41, 5.74) is 0.856. The normalized spacial score (nSPS) is 17.9. The van der Waals surface area contributed by atoms with Gasteiger partial charge in [-0.15, -0.1) is 11.8 Å². The lowest BCUT2D eigenvalue weighted by molar-refractivity contribution is -0.131. The summed E-state index contributed by atoms with van der Waals surface area (Å²) in [7, 11) is 0. The Labute approximate surface area is 104 Å². The third-order valence-electron chi connectivity index (χ3n) is 2.93. The number of carboxylic acids is 1. The molecular formula is C13H14O3S. The summed E-state index contributed by atoms with van der Waals surface area (Å²) in [5.74, 6) is -0.919. The number of aliphatic carboxylic acids is 1. The minimum absolute atomic E-state index is 0.255. The van der Waals surface area contributed by atoms with Gasteiger partial charge in [0, 0.05) is 11.0 Å². The Morgan fingerprint density at radius 1 is 1.41 bits per heavy atom. The van der Waals surface area contributed by atoms with Crippen molar-refractivity contribution in [2.45, 2.75) is 10.3 Å². The lowest BCUT2D eigenvalue weighted by Gasteiger charge is -2.39. The third-order valence-corrected chi connectivity index (χ3v) is 3.67. The average Bonchev–Trinajstić information content (AvgIpc) is 2.28. The fourth-order valence-corrected chi connectivity index (χ4v) is 2.24. The summed E-state index contributed by atoms with van der Waals surface area (Å²) in [4.78, 5) is 11.8. The highest BCUT2D eigenvalue weighted by atomic mass is 32.2. The Morgan fingerprint density at radius 2 is 2.06 bits per heavy atom. The van der Waals surface area contributed by atoms with Gasteiger partial charge in [-0.05, 0) is 24.0 Å². The lowest BCUT2D eigenvalue weighted by Crippen LogP contribution is -2.45. The first kappa shape index (κ1) is 12.2. The number of benzene rings is 1. The maximum Gasteiger partial charge on any atom is 0.328 e. The number of thioether (sulfide) groups is 1. The van der Waals surface area contributed by atoms with Gasteiger partial charge >= 0.3 is 5.97 Å². The van der Waals surface area contributed by atoms with E-state index in [4.69, 9.17) is 9.84 Å². The summed E-state index contributed by atoms with van der Waals surface area (Å²) < 4.78 is 5.23. The molecule has 0 aromatic heterocycles. The molecule has 1 saturated heterocycles. The molecule has 1 aromatic carbocycles. The highest BCUT2D eigenvalue weighted by Crippen LogP contribution is 2.34.